The Morgan fingerprint density at radius 1 is 1.53 bits per heavy atom. The van der Waals surface area contributed by atoms with Crippen LogP contribution in [0.2, 0.25) is 0 Å². The van der Waals surface area contributed by atoms with Crippen LogP contribution in [0.5, 0.6) is 0 Å². The van der Waals surface area contributed by atoms with Crippen molar-refractivity contribution in [1.29, 1.82) is 0 Å². The first-order valence-electron chi connectivity index (χ1n) is 6.05. The van der Waals surface area contributed by atoms with Gasteiger partial charge in [-0.2, -0.15) is 0 Å². The molecular formula is C14H19NO2. The minimum absolute atomic E-state index is 0.203. The molecule has 0 saturated heterocycles. The molecule has 1 N–H and O–H groups in total. The van der Waals surface area contributed by atoms with Crippen molar-refractivity contribution in [3.8, 4) is 0 Å². The molecule has 1 unspecified atom stereocenters. The molecule has 3 heteroatoms. The third-order valence-electron chi connectivity index (χ3n) is 3.39. The number of esters is 1. The van der Waals surface area contributed by atoms with Crippen LogP contribution in [-0.4, -0.2) is 19.1 Å². The molecule has 1 aliphatic rings. The molecule has 0 bridgehead atoms. The van der Waals surface area contributed by atoms with E-state index in [1.165, 1.54) is 23.8 Å². The van der Waals surface area contributed by atoms with Gasteiger partial charge in [-0.15, -0.1) is 0 Å². The summed E-state index contributed by atoms with van der Waals surface area (Å²) in [5, 5.41) is 3.34. The Bertz CT molecular complexity index is 428. The van der Waals surface area contributed by atoms with Crippen LogP contribution >= 0.6 is 0 Å². The van der Waals surface area contributed by atoms with Crippen molar-refractivity contribution < 1.29 is 9.53 Å². The van der Waals surface area contributed by atoms with E-state index in [-0.39, 0.29) is 18.1 Å². The van der Waals surface area contributed by atoms with Gasteiger partial charge < -0.3 is 4.74 Å². The van der Waals surface area contributed by atoms with Crippen molar-refractivity contribution >= 4 is 5.97 Å². The summed E-state index contributed by atoms with van der Waals surface area (Å²) in [6.45, 7) is 3.94. The number of ether oxygens (including phenoxy) is 1. The van der Waals surface area contributed by atoms with Gasteiger partial charge in [-0.1, -0.05) is 23.8 Å². The number of hydrogen-bond donors (Lipinski definition) is 1. The van der Waals surface area contributed by atoms with Crippen molar-refractivity contribution in [1.82, 2.24) is 5.32 Å². The molecule has 1 aliphatic carbocycles. The van der Waals surface area contributed by atoms with Gasteiger partial charge in [-0.25, -0.2) is 0 Å². The van der Waals surface area contributed by atoms with Crippen LogP contribution in [0.15, 0.2) is 18.2 Å². The molecule has 0 spiro atoms. The lowest BCUT2D eigenvalue weighted by Crippen LogP contribution is -2.36. The average molecular weight is 233 g/mol. The van der Waals surface area contributed by atoms with Crippen molar-refractivity contribution in [2.75, 3.05) is 7.11 Å². The fourth-order valence-corrected chi connectivity index (χ4v) is 2.44. The highest BCUT2D eigenvalue weighted by molar-refractivity contribution is 5.75. The lowest BCUT2D eigenvalue weighted by atomic mass is 10.0. The molecule has 1 aromatic rings. The van der Waals surface area contributed by atoms with Crippen LogP contribution in [0.1, 0.15) is 36.1 Å². The molecule has 92 valence electrons. The summed E-state index contributed by atoms with van der Waals surface area (Å²) in [5.74, 6) is -0.203. The Morgan fingerprint density at radius 3 is 3.00 bits per heavy atom. The van der Waals surface area contributed by atoms with E-state index in [0.717, 1.165) is 12.8 Å². The second-order valence-corrected chi connectivity index (χ2v) is 4.71. The fourth-order valence-electron chi connectivity index (χ4n) is 2.44. The fraction of sp³-hybridized carbons (Fsp3) is 0.500. The Hall–Kier alpha value is -1.35. The molecule has 2 rings (SSSR count). The first kappa shape index (κ1) is 12.1. The second kappa shape index (κ2) is 4.88. The summed E-state index contributed by atoms with van der Waals surface area (Å²) < 4.78 is 4.73. The Labute approximate surface area is 102 Å². The molecule has 0 fully saturated rings. The zero-order chi connectivity index (χ0) is 12.4. The number of carbonyl (C=O) groups is 1. The van der Waals surface area contributed by atoms with E-state index in [1.54, 1.807) is 0 Å². The molecule has 0 saturated carbocycles. The number of carbonyl (C=O) groups excluding carboxylic acids is 1. The lowest BCUT2D eigenvalue weighted by molar-refractivity contribution is -0.142. The predicted molar refractivity (Wildman–Crippen MR) is 66.9 cm³/mol. The normalized spacial score (nSPS) is 19.8. The van der Waals surface area contributed by atoms with Gasteiger partial charge in [0.15, 0.2) is 0 Å². The van der Waals surface area contributed by atoms with Crippen LogP contribution in [0, 0.1) is 6.92 Å². The lowest BCUT2D eigenvalue weighted by Gasteiger charge is -2.18. The van der Waals surface area contributed by atoms with Crippen LogP contribution in [0.4, 0.5) is 0 Å². The van der Waals surface area contributed by atoms with Crippen LogP contribution in [0.25, 0.3) is 0 Å². The Kier molecular flexibility index (Phi) is 3.48. The number of methoxy groups -OCH3 is 1. The maximum atomic E-state index is 11.4. The zero-order valence-corrected chi connectivity index (χ0v) is 10.6. The summed E-state index contributed by atoms with van der Waals surface area (Å²) in [7, 11) is 1.42. The number of aryl methyl sites for hydroxylation is 2. The maximum absolute atomic E-state index is 11.4. The van der Waals surface area contributed by atoms with Gasteiger partial charge in [-0.05, 0) is 37.8 Å². The van der Waals surface area contributed by atoms with Gasteiger partial charge in [-0.3, -0.25) is 10.1 Å². The standard InChI is InChI=1S/C14H19NO2/c1-9-4-5-11-6-7-13(12(11)8-9)15-10(2)14(16)17-3/h4-5,8,10,13,15H,6-7H2,1-3H3/t10-,13?/m1/s1. The smallest absolute Gasteiger partial charge is 0.322 e. The number of hydrogen-bond acceptors (Lipinski definition) is 3. The SMILES string of the molecule is COC(=O)[C@@H](C)NC1CCc2ccc(C)cc21. The van der Waals surface area contributed by atoms with Crippen molar-refractivity contribution in [2.24, 2.45) is 0 Å². The molecular weight excluding hydrogens is 214 g/mol. The summed E-state index contributed by atoms with van der Waals surface area (Å²) in [5.41, 5.74) is 3.99. The summed E-state index contributed by atoms with van der Waals surface area (Å²) in [4.78, 5) is 11.4. The minimum atomic E-state index is -0.253. The third-order valence-corrected chi connectivity index (χ3v) is 3.39. The first-order valence-corrected chi connectivity index (χ1v) is 6.05. The van der Waals surface area contributed by atoms with Crippen molar-refractivity contribution in [3.63, 3.8) is 0 Å². The van der Waals surface area contributed by atoms with Gasteiger partial charge in [0.1, 0.15) is 6.04 Å². The quantitative estimate of drug-likeness (QED) is 0.813. The van der Waals surface area contributed by atoms with Gasteiger partial charge in [0.05, 0.1) is 7.11 Å². The molecule has 0 radical (unpaired) electrons. The molecule has 2 atom stereocenters. The number of nitrogens with one attached hydrogen (secondary N) is 1. The second-order valence-electron chi connectivity index (χ2n) is 4.71. The van der Waals surface area contributed by atoms with Gasteiger partial charge >= 0.3 is 5.97 Å². The molecule has 1 aromatic carbocycles. The maximum Gasteiger partial charge on any atom is 0.322 e. The van der Waals surface area contributed by atoms with Gasteiger partial charge in [0.25, 0.3) is 0 Å². The highest BCUT2D eigenvalue weighted by Gasteiger charge is 2.25. The zero-order valence-electron chi connectivity index (χ0n) is 10.6. The van der Waals surface area contributed by atoms with Crippen molar-refractivity contribution in [3.05, 3.63) is 34.9 Å². The van der Waals surface area contributed by atoms with Crippen LogP contribution in [-0.2, 0) is 16.0 Å². The number of rotatable bonds is 3. The van der Waals surface area contributed by atoms with E-state index in [4.69, 9.17) is 4.74 Å². The van der Waals surface area contributed by atoms with Crippen LogP contribution < -0.4 is 5.32 Å². The molecule has 17 heavy (non-hydrogen) atoms. The van der Waals surface area contributed by atoms with E-state index < -0.39 is 0 Å². The number of benzene rings is 1. The molecule has 0 amide bonds. The average Bonchev–Trinajstić information content (AvgIpc) is 2.71. The molecule has 0 heterocycles. The summed E-state index contributed by atoms with van der Waals surface area (Å²) >= 11 is 0. The Balaban J connectivity index is 2.11. The molecule has 3 nitrogen and oxygen atoms in total. The van der Waals surface area contributed by atoms with E-state index in [9.17, 15) is 4.79 Å². The van der Waals surface area contributed by atoms with Gasteiger partial charge in [0, 0.05) is 6.04 Å². The third kappa shape index (κ3) is 2.50. The number of fused-ring (bicyclic) bond motifs is 1. The predicted octanol–water partition coefficient (Wildman–Crippen LogP) is 2.13. The molecule has 0 aromatic heterocycles. The van der Waals surface area contributed by atoms with E-state index >= 15 is 0 Å². The summed E-state index contributed by atoms with van der Waals surface area (Å²) in [6.07, 6.45) is 2.14. The van der Waals surface area contributed by atoms with E-state index in [1.807, 2.05) is 6.92 Å². The molecule has 0 aliphatic heterocycles. The summed E-state index contributed by atoms with van der Waals surface area (Å²) in [6, 6.07) is 6.57. The minimum Gasteiger partial charge on any atom is -0.468 e. The van der Waals surface area contributed by atoms with Crippen molar-refractivity contribution in [2.45, 2.75) is 38.8 Å². The Morgan fingerprint density at radius 2 is 2.29 bits per heavy atom. The topological polar surface area (TPSA) is 38.3 Å². The van der Waals surface area contributed by atoms with Gasteiger partial charge in [0.2, 0.25) is 0 Å². The monoisotopic (exact) mass is 233 g/mol. The highest BCUT2D eigenvalue weighted by Crippen LogP contribution is 2.32. The van der Waals surface area contributed by atoms with Crippen LogP contribution in [0.3, 0.4) is 0 Å². The van der Waals surface area contributed by atoms with E-state index in [2.05, 4.69) is 30.4 Å². The highest BCUT2D eigenvalue weighted by atomic mass is 16.5. The van der Waals surface area contributed by atoms with E-state index in [0.29, 0.717) is 0 Å². The first-order chi connectivity index (χ1) is 8.11. The largest absolute Gasteiger partial charge is 0.468 e.